The van der Waals surface area contributed by atoms with Crippen LogP contribution in [0.1, 0.15) is 25.5 Å². The van der Waals surface area contributed by atoms with Crippen molar-refractivity contribution in [1.82, 2.24) is 9.80 Å². The quantitative estimate of drug-likeness (QED) is 0.926. The number of halogens is 1. The number of nitrogens with zero attached hydrogens (tertiary/aromatic N) is 2. The van der Waals surface area contributed by atoms with E-state index in [1.54, 1.807) is 0 Å². The SMILES string of the molecule is CC1CN(C(CN)c2cccc(Br)c2)CC(C)N1C. The highest BCUT2D eigenvalue weighted by molar-refractivity contribution is 9.10. The lowest BCUT2D eigenvalue weighted by Gasteiger charge is -2.45. The molecule has 2 N–H and O–H groups in total. The fourth-order valence-corrected chi connectivity index (χ4v) is 3.33. The third kappa shape index (κ3) is 3.37. The van der Waals surface area contributed by atoms with E-state index in [2.05, 4.69) is 70.9 Å². The van der Waals surface area contributed by atoms with Crippen LogP contribution in [0.5, 0.6) is 0 Å². The lowest BCUT2D eigenvalue weighted by Crippen LogP contribution is -2.56. The van der Waals surface area contributed by atoms with Crippen molar-refractivity contribution in [3.8, 4) is 0 Å². The third-order valence-corrected chi connectivity index (χ3v) is 4.78. The van der Waals surface area contributed by atoms with Gasteiger partial charge in [0.2, 0.25) is 0 Å². The lowest BCUT2D eigenvalue weighted by atomic mass is 10.0. The first-order valence-corrected chi connectivity index (χ1v) is 7.73. The molecule has 19 heavy (non-hydrogen) atoms. The van der Waals surface area contributed by atoms with Crippen molar-refractivity contribution in [3.05, 3.63) is 34.3 Å². The van der Waals surface area contributed by atoms with Crippen LogP contribution < -0.4 is 5.73 Å². The standard InChI is InChI=1S/C15H24BrN3/c1-11-9-19(10-12(2)18(11)3)15(8-17)13-5-4-6-14(16)7-13/h4-7,11-12,15H,8-10,17H2,1-3H3. The molecule has 0 radical (unpaired) electrons. The Labute approximate surface area is 124 Å². The van der Waals surface area contributed by atoms with E-state index >= 15 is 0 Å². The van der Waals surface area contributed by atoms with Gasteiger partial charge >= 0.3 is 0 Å². The van der Waals surface area contributed by atoms with E-state index in [9.17, 15) is 0 Å². The van der Waals surface area contributed by atoms with E-state index in [-0.39, 0.29) is 0 Å². The fraction of sp³-hybridized carbons (Fsp3) is 0.600. The molecule has 2 rings (SSSR count). The minimum Gasteiger partial charge on any atom is -0.329 e. The van der Waals surface area contributed by atoms with Crippen molar-refractivity contribution in [1.29, 1.82) is 0 Å². The highest BCUT2D eigenvalue weighted by Gasteiger charge is 2.30. The van der Waals surface area contributed by atoms with Crippen molar-refractivity contribution in [2.24, 2.45) is 5.73 Å². The van der Waals surface area contributed by atoms with Gasteiger partial charge < -0.3 is 5.73 Å². The molecule has 0 bridgehead atoms. The summed E-state index contributed by atoms with van der Waals surface area (Å²) in [5.74, 6) is 0. The van der Waals surface area contributed by atoms with E-state index in [0.717, 1.165) is 17.6 Å². The molecule has 1 saturated heterocycles. The second-order valence-electron chi connectivity index (χ2n) is 5.62. The molecule has 1 heterocycles. The van der Waals surface area contributed by atoms with Crippen LogP contribution in [0.3, 0.4) is 0 Å². The zero-order valence-corrected chi connectivity index (χ0v) is 13.6. The second-order valence-corrected chi connectivity index (χ2v) is 6.54. The van der Waals surface area contributed by atoms with E-state index in [1.165, 1.54) is 5.56 Å². The highest BCUT2D eigenvalue weighted by atomic mass is 79.9. The van der Waals surface area contributed by atoms with E-state index in [4.69, 9.17) is 5.73 Å². The average molecular weight is 326 g/mol. The van der Waals surface area contributed by atoms with Gasteiger partial charge in [-0.2, -0.15) is 0 Å². The van der Waals surface area contributed by atoms with E-state index in [0.29, 0.717) is 24.7 Å². The van der Waals surface area contributed by atoms with Crippen LogP contribution in [0, 0.1) is 0 Å². The van der Waals surface area contributed by atoms with Gasteiger partial charge in [-0.15, -0.1) is 0 Å². The summed E-state index contributed by atoms with van der Waals surface area (Å²) in [5, 5.41) is 0. The smallest absolute Gasteiger partial charge is 0.0472 e. The molecule has 0 amide bonds. The van der Waals surface area contributed by atoms with Crippen LogP contribution >= 0.6 is 15.9 Å². The average Bonchev–Trinajstić information content (AvgIpc) is 2.37. The van der Waals surface area contributed by atoms with Crippen LogP contribution in [0.25, 0.3) is 0 Å². The van der Waals surface area contributed by atoms with Crippen LogP contribution in [0.2, 0.25) is 0 Å². The molecular formula is C15H24BrN3. The van der Waals surface area contributed by atoms with E-state index in [1.807, 2.05) is 0 Å². The Morgan fingerprint density at radius 1 is 1.32 bits per heavy atom. The molecule has 1 aliphatic heterocycles. The maximum atomic E-state index is 6.04. The first-order chi connectivity index (χ1) is 9.02. The molecule has 0 spiro atoms. The number of rotatable bonds is 3. The van der Waals surface area contributed by atoms with Crippen LogP contribution in [0.4, 0.5) is 0 Å². The zero-order chi connectivity index (χ0) is 14.0. The summed E-state index contributed by atoms with van der Waals surface area (Å²) in [4.78, 5) is 4.97. The van der Waals surface area contributed by atoms with Crippen LogP contribution in [-0.2, 0) is 0 Å². The number of piperazine rings is 1. The maximum Gasteiger partial charge on any atom is 0.0472 e. The molecule has 4 heteroatoms. The summed E-state index contributed by atoms with van der Waals surface area (Å²) < 4.78 is 1.12. The number of hydrogen-bond acceptors (Lipinski definition) is 3. The van der Waals surface area contributed by atoms with Gasteiger partial charge in [-0.1, -0.05) is 28.1 Å². The number of nitrogens with two attached hydrogens (primary N) is 1. The first kappa shape index (κ1) is 15.0. The third-order valence-electron chi connectivity index (χ3n) is 4.29. The molecule has 3 atom stereocenters. The minimum absolute atomic E-state index is 0.316. The summed E-state index contributed by atoms with van der Waals surface area (Å²) in [6.45, 7) is 7.40. The normalized spacial score (nSPS) is 27.4. The Bertz CT molecular complexity index is 412. The predicted octanol–water partition coefficient (Wildman–Crippen LogP) is 2.47. The molecule has 1 aromatic carbocycles. The number of benzene rings is 1. The summed E-state index contributed by atoms with van der Waals surface area (Å²) in [6.07, 6.45) is 0. The van der Waals surface area contributed by atoms with Crippen molar-refractivity contribution in [2.75, 3.05) is 26.7 Å². The van der Waals surface area contributed by atoms with Gasteiger partial charge in [0.05, 0.1) is 0 Å². The van der Waals surface area contributed by atoms with Gasteiger partial charge in [0.1, 0.15) is 0 Å². The summed E-state index contributed by atoms with van der Waals surface area (Å²) in [7, 11) is 2.21. The molecule has 0 aromatic heterocycles. The van der Waals surface area contributed by atoms with Crippen molar-refractivity contribution < 1.29 is 0 Å². The Kier molecular flexibility index (Phi) is 5.01. The van der Waals surface area contributed by atoms with Gasteiger partial charge in [0, 0.05) is 42.2 Å². The monoisotopic (exact) mass is 325 g/mol. The molecule has 1 aromatic rings. The highest BCUT2D eigenvalue weighted by Crippen LogP contribution is 2.26. The first-order valence-electron chi connectivity index (χ1n) is 6.94. The molecule has 3 unspecified atom stereocenters. The van der Waals surface area contributed by atoms with Gasteiger partial charge in [-0.3, -0.25) is 9.80 Å². The molecule has 106 valence electrons. The van der Waals surface area contributed by atoms with Crippen molar-refractivity contribution in [3.63, 3.8) is 0 Å². The van der Waals surface area contributed by atoms with E-state index < -0.39 is 0 Å². The molecule has 1 fully saturated rings. The van der Waals surface area contributed by atoms with Gasteiger partial charge in [0.15, 0.2) is 0 Å². The molecular weight excluding hydrogens is 302 g/mol. The maximum absolute atomic E-state index is 6.04. The predicted molar refractivity (Wildman–Crippen MR) is 84.2 cm³/mol. The summed E-state index contributed by atoms with van der Waals surface area (Å²) in [6, 6.07) is 9.98. The van der Waals surface area contributed by atoms with Crippen molar-refractivity contribution in [2.45, 2.75) is 32.0 Å². The van der Waals surface area contributed by atoms with Gasteiger partial charge in [-0.05, 0) is 38.6 Å². The summed E-state index contributed by atoms with van der Waals surface area (Å²) in [5.41, 5.74) is 7.35. The Hall–Kier alpha value is -0.420. The topological polar surface area (TPSA) is 32.5 Å². The van der Waals surface area contributed by atoms with Crippen LogP contribution in [0.15, 0.2) is 28.7 Å². The molecule has 0 aliphatic carbocycles. The second kappa shape index (κ2) is 6.35. The molecule has 3 nitrogen and oxygen atoms in total. The fourth-order valence-electron chi connectivity index (χ4n) is 2.91. The molecule has 1 aliphatic rings. The van der Waals surface area contributed by atoms with Gasteiger partial charge in [-0.25, -0.2) is 0 Å². The van der Waals surface area contributed by atoms with Crippen molar-refractivity contribution >= 4 is 15.9 Å². The van der Waals surface area contributed by atoms with Gasteiger partial charge in [0.25, 0.3) is 0 Å². The Morgan fingerprint density at radius 3 is 2.47 bits per heavy atom. The minimum atomic E-state index is 0.316. The Morgan fingerprint density at radius 2 is 1.95 bits per heavy atom. The number of likely N-dealkylation sites (N-methyl/N-ethyl adjacent to an activating group) is 1. The molecule has 0 saturated carbocycles. The zero-order valence-electron chi connectivity index (χ0n) is 12.0. The Balaban J connectivity index is 2.18. The lowest BCUT2D eigenvalue weighted by molar-refractivity contribution is 0.0352. The largest absolute Gasteiger partial charge is 0.329 e. The number of hydrogen-bond donors (Lipinski definition) is 1. The summed E-state index contributed by atoms with van der Waals surface area (Å²) >= 11 is 3.55. The van der Waals surface area contributed by atoms with Crippen LogP contribution in [-0.4, -0.2) is 48.6 Å².